The number of hydrogen-bond donors (Lipinski definition) is 2. The maximum atomic E-state index is 12.7. The predicted molar refractivity (Wildman–Crippen MR) is 103 cm³/mol. The van der Waals surface area contributed by atoms with Crippen LogP contribution in [0, 0.1) is 12.8 Å². The monoisotopic (exact) mass is 381 g/mol. The molecular formula is C18H15N5O3S. The average molecular weight is 381 g/mol. The Bertz CT molecular complexity index is 928. The third-order valence-electron chi connectivity index (χ3n) is 3.83. The fourth-order valence-corrected chi connectivity index (χ4v) is 2.69. The number of anilines is 1. The van der Waals surface area contributed by atoms with E-state index >= 15 is 0 Å². The minimum absolute atomic E-state index is 0.000626. The first-order chi connectivity index (χ1) is 13.0. The molecule has 0 saturated carbocycles. The van der Waals surface area contributed by atoms with E-state index in [-0.39, 0.29) is 5.11 Å². The van der Waals surface area contributed by atoms with E-state index in [1.807, 2.05) is 19.1 Å². The molecule has 8 nitrogen and oxygen atoms in total. The number of carbonyl (C=O) groups is 3. The van der Waals surface area contributed by atoms with E-state index in [0.717, 1.165) is 11.8 Å². The van der Waals surface area contributed by atoms with Crippen LogP contribution in [-0.2, 0) is 9.59 Å². The molecule has 2 N–H and O–H groups in total. The van der Waals surface area contributed by atoms with E-state index in [1.165, 1.54) is 29.4 Å². The maximum Gasteiger partial charge on any atom is 0.271 e. The normalized spacial score (nSPS) is 17.1. The van der Waals surface area contributed by atoms with Gasteiger partial charge in [0.05, 0.1) is 5.69 Å². The number of benzene rings is 1. The molecule has 3 rings (SSSR count). The second kappa shape index (κ2) is 7.83. The number of hydrogen-bond acceptors (Lipinski definition) is 6. The van der Waals surface area contributed by atoms with Crippen molar-refractivity contribution in [1.82, 2.24) is 15.7 Å². The quantitative estimate of drug-likeness (QED) is 0.358. The van der Waals surface area contributed by atoms with Crippen LogP contribution >= 0.6 is 12.2 Å². The molecule has 1 aromatic carbocycles. The van der Waals surface area contributed by atoms with Gasteiger partial charge in [-0.1, -0.05) is 17.7 Å². The highest BCUT2D eigenvalue weighted by Crippen LogP contribution is 2.20. The van der Waals surface area contributed by atoms with Gasteiger partial charge in [-0.15, -0.1) is 0 Å². The Kier molecular flexibility index (Phi) is 5.32. The summed E-state index contributed by atoms with van der Waals surface area (Å²) in [5.74, 6) is -2.84. The molecule has 1 aromatic heterocycles. The Morgan fingerprint density at radius 2 is 1.89 bits per heavy atom. The molecule has 0 bridgehead atoms. The summed E-state index contributed by atoms with van der Waals surface area (Å²) in [6.07, 6.45) is 4.02. The van der Waals surface area contributed by atoms with Crippen LogP contribution in [0.3, 0.4) is 0 Å². The van der Waals surface area contributed by atoms with Crippen molar-refractivity contribution in [2.75, 3.05) is 4.90 Å². The number of nitrogens with zero attached hydrogens (tertiary/aromatic N) is 3. The Morgan fingerprint density at radius 1 is 1.22 bits per heavy atom. The van der Waals surface area contributed by atoms with Gasteiger partial charge in [-0.2, -0.15) is 5.10 Å². The number of pyridine rings is 1. The second-order valence-electron chi connectivity index (χ2n) is 5.74. The zero-order valence-electron chi connectivity index (χ0n) is 14.2. The van der Waals surface area contributed by atoms with E-state index in [1.54, 1.807) is 12.1 Å². The molecule has 2 aromatic rings. The van der Waals surface area contributed by atoms with Gasteiger partial charge in [0.25, 0.3) is 11.8 Å². The number of nitrogens with one attached hydrogen (secondary N) is 2. The lowest BCUT2D eigenvalue weighted by molar-refractivity contribution is -0.130. The lowest BCUT2D eigenvalue weighted by atomic mass is 10.1. The largest absolute Gasteiger partial charge is 0.301 e. The van der Waals surface area contributed by atoms with Crippen LogP contribution in [0.25, 0.3) is 0 Å². The summed E-state index contributed by atoms with van der Waals surface area (Å²) in [6, 6.07) is 10.2. The Hall–Kier alpha value is -3.46. The molecule has 0 radical (unpaired) electrons. The standard InChI is InChI=1S/C18H15N5O3S/c1-11-2-4-13(5-3-11)23-17(26)14(16(25)21-18(23)27)10-20-22-15(24)12-6-8-19-9-7-12/h2-10,14H,1H3,(H,22,24)(H,21,25,27)/b20-10+/t14-/m0/s1. The average Bonchev–Trinajstić information content (AvgIpc) is 2.66. The van der Waals surface area contributed by atoms with Crippen LogP contribution in [0.5, 0.6) is 0 Å². The molecule has 0 aliphatic carbocycles. The molecule has 1 atom stereocenters. The van der Waals surface area contributed by atoms with E-state index in [2.05, 4.69) is 20.8 Å². The molecule has 1 saturated heterocycles. The minimum atomic E-state index is -1.21. The Morgan fingerprint density at radius 3 is 2.56 bits per heavy atom. The molecule has 136 valence electrons. The van der Waals surface area contributed by atoms with E-state index in [4.69, 9.17) is 12.2 Å². The van der Waals surface area contributed by atoms with Gasteiger partial charge >= 0.3 is 0 Å². The van der Waals surface area contributed by atoms with Gasteiger partial charge < -0.3 is 5.32 Å². The van der Waals surface area contributed by atoms with Gasteiger partial charge in [-0.05, 0) is 43.4 Å². The third kappa shape index (κ3) is 4.04. The van der Waals surface area contributed by atoms with Gasteiger partial charge in [-0.3, -0.25) is 24.3 Å². The first-order valence-corrected chi connectivity index (χ1v) is 8.37. The summed E-state index contributed by atoms with van der Waals surface area (Å²) in [5.41, 5.74) is 4.19. The topological polar surface area (TPSA) is 104 Å². The van der Waals surface area contributed by atoms with Gasteiger partial charge in [0.1, 0.15) is 0 Å². The molecule has 0 unspecified atom stereocenters. The number of aryl methyl sites for hydroxylation is 1. The molecule has 1 aliphatic rings. The second-order valence-corrected chi connectivity index (χ2v) is 6.12. The highest BCUT2D eigenvalue weighted by Gasteiger charge is 2.38. The smallest absolute Gasteiger partial charge is 0.271 e. The number of thiocarbonyl (C=S) groups is 1. The van der Waals surface area contributed by atoms with Crippen molar-refractivity contribution in [3.63, 3.8) is 0 Å². The predicted octanol–water partition coefficient (Wildman–Crippen LogP) is 1.17. The number of aromatic nitrogens is 1. The highest BCUT2D eigenvalue weighted by molar-refractivity contribution is 7.80. The molecule has 9 heteroatoms. The van der Waals surface area contributed by atoms with Crippen LogP contribution < -0.4 is 15.6 Å². The fourth-order valence-electron chi connectivity index (χ4n) is 2.40. The van der Waals surface area contributed by atoms with Crippen molar-refractivity contribution < 1.29 is 14.4 Å². The minimum Gasteiger partial charge on any atom is -0.301 e. The lowest BCUT2D eigenvalue weighted by Crippen LogP contribution is -2.58. The van der Waals surface area contributed by atoms with Crippen LogP contribution in [0.15, 0.2) is 53.9 Å². The van der Waals surface area contributed by atoms with Crippen molar-refractivity contribution in [1.29, 1.82) is 0 Å². The van der Waals surface area contributed by atoms with Crippen LogP contribution in [0.2, 0.25) is 0 Å². The van der Waals surface area contributed by atoms with Crippen LogP contribution in [0.1, 0.15) is 15.9 Å². The molecular weight excluding hydrogens is 366 g/mol. The summed E-state index contributed by atoms with van der Waals surface area (Å²) >= 11 is 5.12. The van der Waals surface area contributed by atoms with E-state index < -0.39 is 23.6 Å². The number of hydrazone groups is 1. The fraction of sp³-hybridized carbons (Fsp3) is 0.111. The summed E-state index contributed by atoms with van der Waals surface area (Å²) in [6.45, 7) is 1.92. The number of rotatable bonds is 4. The van der Waals surface area contributed by atoms with Crippen molar-refractivity contribution in [3.8, 4) is 0 Å². The molecule has 1 fully saturated rings. The van der Waals surface area contributed by atoms with Gasteiger partial charge in [0.2, 0.25) is 5.91 Å². The van der Waals surface area contributed by atoms with Gasteiger partial charge in [0.15, 0.2) is 11.0 Å². The van der Waals surface area contributed by atoms with Crippen molar-refractivity contribution in [3.05, 3.63) is 59.9 Å². The Labute approximate surface area is 160 Å². The summed E-state index contributed by atoms with van der Waals surface area (Å²) in [5, 5.41) is 6.22. The number of carbonyl (C=O) groups excluding carboxylic acids is 3. The van der Waals surface area contributed by atoms with Crippen molar-refractivity contribution in [2.24, 2.45) is 11.0 Å². The maximum absolute atomic E-state index is 12.7. The lowest BCUT2D eigenvalue weighted by Gasteiger charge is -2.30. The zero-order chi connectivity index (χ0) is 19.4. The van der Waals surface area contributed by atoms with E-state index in [0.29, 0.717) is 11.3 Å². The van der Waals surface area contributed by atoms with Gasteiger partial charge in [-0.25, -0.2) is 5.43 Å². The van der Waals surface area contributed by atoms with Crippen molar-refractivity contribution >= 4 is 47.0 Å². The molecule has 2 heterocycles. The van der Waals surface area contributed by atoms with Crippen molar-refractivity contribution in [2.45, 2.75) is 6.92 Å². The summed E-state index contributed by atoms with van der Waals surface area (Å²) < 4.78 is 0. The number of amides is 3. The molecule has 3 amide bonds. The molecule has 0 spiro atoms. The summed E-state index contributed by atoms with van der Waals surface area (Å²) in [4.78, 5) is 41.9. The zero-order valence-corrected chi connectivity index (χ0v) is 15.1. The highest BCUT2D eigenvalue weighted by atomic mass is 32.1. The molecule has 1 aliphatic heterocycles. The van der Waals surface area contributed by atoms with Gasteiger partial charge in [0, 0.05) is 24.2 Å². The first-order valence-electron chi connectivity index (χ1n) is 7.96. The Balaban J connectivity index is 1.75. The van der Waals surface area contributed by atoms with E-state index in [9.17, 15) is 14.4 Å². The molecule has 27 heavy (non-hydrogen) atoms. The van der Waals surface area contributed by atoms with Crippen LogP contribution in [-0.4, -0.2) is 34.0 Å². The van der Waals surface area contributed by atoms with Crippen LogP contribution in [0.4, 0.5) is 5.69 Å². The third-order valence-corrected chi connectivity index (χ3v) is 4.11. The first kappa shape index (κ1) is 18.3. The SMILES string of the molecule is Cc1ccc(N2C(=O)[C@@H](/C=N/NC(=O)c3ccncc3)C(=O)NC2=S)cc1. The summed E-state index contributed by atoms with van der Waals surface area (Å²) in [7, 11) is 0.